The monoisotopic (exact) mass is 237 g/mol. The van der Waals surface area contributed by atoms with Gasteiger partial charge in [-0.25, -0.2) is 9.97 Å². The SMILES string of the molecule is Cc1nc(SC2CCNCC2)nc(C)c1C. The summed E-state index contributed by atoms with van der Waals surface area (Å²) in [5, 5.41) is 5.01. The fourth-order valence-corrected chi connectivity index (χ4v) is 3.01. The van der Waals surface area contributed by atoms with Crippen LogP contribution in [0.25, 0.3) is 0 Å². The Morgan fingerprint density at radius 3 is 2.19 bits per heavy atom. The predicted octanol–water partition coefficient (Wildman–Crippen LogP) is 2.25. The van der Waals surface area contributed by atoms with E-state index in [2.05, 4.69) is 36.1 Å². The molecule has 2 rings (SSSR count). The molecule has 4 heteroatoms. The quantitative estimate of drug-likeness (QED) is 0.801. The van der Waals surface area contributed by atoms with Crippen LogP contribution in [0.1, 0.15) is 29.8 Å². The topological polar surface area (TPSA) is 37.8 Å². The van der Waals surface area contributed by atoms with Crippen molar-refractivity contribution in [2.45, 2.75) is 44.0 Å². The average molecular weight is 237 g/mol. The number of hydrogen-bond acceptors (Lipinski definition) is 4. The standard InChI is InChI=1S/C12H19N3S/c1-8-9(2)14-12(15-10(8)3)16-11-4-6-13-7-5-11/h11,13H,4-7H2,1-3H3. The second-order valence-corrected chi connectivity index (χ2v) is 5.64. The van der Waals surface area contributed by atoms with Crippen molar-refractivity contribution in [1.82, 2.24) is 15.3 Å². The molecule has 16 heavy (non-hydrogen) atoms. The van der Waals surface area contributed by atoms with E-state index in [-0.39, 0.29) is 0 Å². The molecule has 1 aliphatic rings. The molecule has 0 saturated carbocycles. The second-order valence-electron chi connectivity index (χ2n) is 4.37. The Bertz CT molecular complexity index is 350. The highest BCUT2D eigenvalue weighted by atomic mass is 32.2. The molecule has 0 bridgehead atoms. The maximum Gasteiger partial charge on any atom is 0.188 e. The summed E-state index contributed by atoms with van der Waals surface area (Å²) >= 11 is 1.84. The van der Waals surface area contributed by atoms with Crippen molar-refractivity contribution in [2.75, 3.05) is 13.1 Å². The van der Waals surface area contributed by atoms with E-state index in [9.17, 15) is 0 Å². The molecule has 0 unspecified atom stereocenters. The molecule has 1 aromatic heterocycles. The Morgan fingerprint density at radius 1 is 1.06 bits per heavy atom. The number of rotatable bonds is 2. The van der Waals surface area contributed by atoms with Crippen LogP contribution in [0, 0.1) is 20.8 Å². The van der Waals surface area contributed by atoms with Gasteiger partial charge in [0.05, 0.1) is 0 Å². The Labute approximate surface area is 101 Å². The Kier molecular flexibility index (Phi) is 3.82. The molecule has 0 atom stereocenters. The zero-order valence-electron chi connectivity index (χ0n) is 10.2. The molecule has 1 aliphatic heterocycles. The number of aryl methyl sites for hydroxylation is 2. The van der Waals surface area contributed by atoms with Crippen LogP contribution in [-0.2, 0) is 0 Å². The summed E-state index contributed by atoms with van der Waals surface area (Å²) in [4.78, 5) is 9.12. The van der Waals surface area contributed by atoms with E-state index >= 15 is 0 Å². The van der Waals surface area contributed by atoms with Crippen LogP contribution < -0.4 is 5.32 Å². The highest BCUT2D eigenvalue weighted by Gasteiger charge is 2.16. The van der Waals surface area contributed by atoms with Crippen molar-refractivity contribution in [3.8, 4) is 0 Å². The minimum Gasteiger partial charge on any atom is -0.317 e. The average Bonchev–Trinajstić information content (AvgIpc) is 2.27. The summed E-state index contributed by atoms with van der Waals surface area (Å²) in [5.41, 5.74) is 3.45. The van der Waals surface area contributed by atoms with Gasteiger partial charge < -0.3 is 5.32 Å². The van der Waals surface area contributed by atoms with Gasteiger partial charge in [0.15, 0.2) is 5.16 Å². The summed E-state index contributed by atoms with van der Waals surface area (Å²) in [5.74, 6) is 0. The normalized spacial score (nSPS) is 17.7. The van der Waals surface area contributed by atoms with Gasteiger partial charge in [0.2, 0.25) is 0 Å². The van der Waals surface area contributed by atoms with E-state index in [1.165, 1.54) is 18.4 Å². The van der Waals surface area contributed by atoms with Gasteiger partial charge in [-0.1, -0.05) is 11.8 Å². The summed E-state index contributed by atoms with van der Waals surface area (Å²) < 4.78 is 0. The fourth-order valence-electron chi connectivity index (χ4n) is 1.86. The van der Waals surface area contributed by atoms with Gasteiger partial charge in [0.25, 0.3) is 0 Å². The highest BCUT2D eigenvalue weighted by molar-refractivity contribution is 7.99. The molecule has 3 nitrogen and oxygen atoms in total. The van der Waals surface area contributed by atoms with Gasteiger partial charge in [-0.05, 0) is 52.3 Å². The Morgan fingerprint density at radius 2 is 1.62 bits per heavy atom. The van der Waals surface area contributed by atoms with Crippen molar-refractivity contribution in [3.05, 3.63) is 17.0 Å². The van der Waals surface area contributed by atoms with Gasteiger partial charge in [0, 0.05) is 16.6 Å². The van der Waals surface area contributed by atoms with E-state index in [1.54, 1.807) is 0 Å². The van der Waals surface area contributed by atoms with Crippen molar-refractivity contribution in [3.63, 3.8) is 0 Å². The van der Waals surface area contributed by atoms with Crippen LogP contribution >= 0.6 is 11.8 Å². The van der Waals surface area contributed by atoms with Crippen molar-refractivity contribution < 1.29 is 0 Å². The first-order chi connectivity index (χ1) is 7.66. The van der Waals surface area contributed by atoms with E-state index in [4.69, 9.17) is 0 Å². The summed E-state index contributed by atoms with van der Waals surface area (Å²) in [6, 6.07) is 0. The first-order valence-corrected chi connectivity index (χ1v) is 6.74. The van der Waals surface area contributed by atoms with Crippen LogP contribution in [-0.4, -0.2) is 28.3 Å². The lowest BCUT2D eigenvalue weighted by Gasteiger charge is -2.21. The molecule has 0 spiro atoms. The fraction of sp³-hybridized carbons (Fsp3) is 0.667. The third-order valence-corrected chi connectivity index (χ3v) is 4.37. The lowest BCUT2D eigenvalue weighted by atomic mass is 10.2. The maximum absolute atomic E-state index is 4.56. The second kappa shape index (κ2) is 5.15. The van der Waals surface area contributed by atoms with Gasteiger partial charge in [-0.3, -0.25) is 0 Å². The Balaban J connectivity index is 2.09. The number of thioether (sulfide) groups is 1. The molecule has 1 saturated heterocycles. The number of nitrogens with one attached hydrogen (secondary N) is 1. The molecule has 0 aliphatic carbocycles. The lowest BCUT2D eigenvalue weighted by Crippen LogP contribution is -2.29. The highest BCUT2D eigenvalue weighted by Crippen LogP contribution is 2.26. The third-order valence-electron chi connectivity index (χ3n) is 3.17. The largest absolute Gasteiger partial charge is 0.317 e. The number of piperidine rings is 1. The van der Waals surface area contributed by atoms with E-state index in [0.717, 1.165) is 29.6 Å². The van der Waals surface area contributed by atoms with Gasteiger partial charge in [-0.2, -0.15) is 0 Å². The van der Waals surface area contributed by atoms with Crippen molar-refractivity contribution in [2.24, 2.45) is 0 Å². The van der Waals surface area contributed by atoms with Crippen molar-refractivity contribution in [1.29, 1.82) is 0 Å². The summed E-state index contributed by atoms with van der Waals surface area (Å²) in [6.07, 6.45) is 2.44. The molecule has 88 valence electrons. The number of nitrogens with zero attached hydrogens (tertiary/aromatic N) is 2. The van der Waals surface area contributed by atoms with E-state index < -0.39 is 0 Å². The maximum atomic E-state index is 4.56. The van der Waals surface area contributed by atoms with Crippen LogP contribution in [0.4, 0.5) is 0 Å². The zero-order valence-corrected chi connectivity index (χ0v) is 11.0. The number of aromatic nitrogens is 2. The van der Waals surface area contributed by atoms with Crippen LogP contribution in [0.5, 0.6) is 0 Å². The third kappa shape index (κ3) is 2.74. The van der Waals surface area contributed by atoms with Gasteiger partial charge >= 0.3 is 0 Å². The van der Waals surface area contributed by atoms with Gasteiger partial charge in [0.1, 0.15) is 0 Å². The summed E-state index contributed by atoms with van der Waals surface area (Å²) in [6.45, 7) is 8.47. The first kappa shape index (κ1) is 11.9. The minimum absolute atomic E-state index is 0.683. The van der Waals surface area contributed by atoms with Crippen molar-refractivity contribution >= 4 is 11.8 Å². The zero-order chi connectivity index (χ0) is 11.5. The van der Waals surface area contributed by atoms with Crippen LogP contribution in [0.3, 0.4) is 0 Å². The van der Waals surface area contributed by atoms with Crippen LogP contribution in [0.2, 0.25) is 0 Å². The van der Waals surface area contributed by atoms with E-state index in [1.807, 2.05) is 11.8 Å². The van der Waals surface area contributed by atoms with E-state index in [0.29, 0.717) is 5.25 Å². The molecule has 1 aromatic rings. The predicted molar refractivity (Wildman–Crippen MR) is 68.0 cm³/mol. The van der Waals surface area contributed by atoms with Gasteiger partial charge in [-0.15, -0.1) is 0 Å². The molecule has 0 radical (unpaired) electrons. The molecule has 1 fully saturated rings. The molecule has 0 amide bonds. The van der Waals surface area contributed by atoms with Crippen LogP contribution in [0.15, 0.2) is 5.16 Å². The number of hydrogen-bond donors (Lipinski definition) is 1. The molecular formula is C12H19N3S. The molecule has 2 heterocycles. The Hall–Kier alpha value is -0.610. The summed E-state index contributed by atoms with van der Waals surface area (Å²) in [7, 11) is 0. The smallest absolute Gasteiger partial charge is 0.188 e. The molecule has 0 aromatic carbocycles. The molecule has 1 N–H and O–H groups in total. The first-order valence-electron chi connectivity index (χ1n) is 5.86. The minimum atomic E-state index is 0.683. The molecular weight excluding hydrogens is 218 g/mol. The lowest BCUT2D eigenvalue weighted by molar-refractivity contribution is 0.530.